The number of alkyl halides is 2. The zero-order valence-electron chi connectivity index (χ0n) is 4.98. The van der Waals surface area contributed by atoms with Crippen molar-refractivity contribution in [2.24, 2.45) is 11.8 Å². The SMILES string of the molecule is ClC1(Cl)C2CC=CCC21. The van der Waals surface area contributed by atoms with Gasteiger partial charge in [-0.1, -0.05) is 12.2 Å². The number of rotatable bonds is 0. The fourth-order valence-corrected chi connectivity index (χ4v) is 2.43. The van der Waals surface area contributed by atoms with Crippen LogP contribution in [-0.4, -0.2) is 4.33 Å². The molecule has 2 atom stereocenters. The minimum absolute atomic E-state index is 0.372. The summed E-state index contributed by atoms with van der Waals surface area (Å²) in [5.74, 6) is 1.12. The van der Waals surface area contributed by atoms with E-state index in [9.17, 15) is 0 Å². The summed E-state index contributed by atoms with van der Waals surface area (Å²) in [7, 11) is 0. The molecule has 0 spiro atoms. The Morgan fingerprint density at radius 1 is 1.11 bits per heavy atom. The van der Waals surface area contributed by atoms with Gasteiger partial charge in [0.2, 0.25) is 0 Å². The van der Waals surface area contributed by atoms with Crippen LogP contribution in [0.3, 0.4) is 0 Å². The largest absolute Gasteiger partial charge is 0.125 e. The van der Waals surface area contributed by atoms with Gasteiger partial charge in [0, 0.05) is 11.8 Å². The molecule has 0 aromatic rings. The smallest absolute Gasteiger partial charge is 0.101 e. The Bertz CT molecular complexity index is 144. The summed E-state index contributed by atoms with van der Waals surface area (Å²) in [6.45, 7) is 0. The molecule has 0 N–H and O–H groups in total. The molecule has 2 rings (SSSR count). The first kappa shape index (κ1) is 6.06. The Hall–Kier alpha value is 0.320. The van der Waals surface area contributed by atoms with Crippen molar-refractivity contribution in [3.05, 3.63) is 12.2 Å². The van der Waals surface area contributed by atoms with Crippen LogP contribution in [0.2, 0.25) is 0 Å². The molecule has 1 saturated carbocycles. The quantitative estimate of drug-likeness (QED) is 0.380. The first-order valence-electron chi connectivity index (χ1n) is 3.25. The highest BCUT2D eigenvalue weighted by molar-refractivity contribution is 6.51. The molecule has 9 heavy (non-hydrogen) atoms. The van der Waals surface area contributed by atoms with Crippen LogP contribution in [-0.2, 0) is 0 Å². The van der Waals surface area contributed by atoms with Gasteiger partial charge in [-0.2, -0.15) is 0 Å². The van der Waals surface area contributed by atoms with Crippen molar-refractivity contribution >= 4 is 23.2 Å². The third-order valence-corrected chi connectivity index (χ3v) is 3.43. The van der Waals surface area contributed by atoms with E-state index in [0.29, 0.717) is 11.8 Å². The number of hydrogen-bond acceptors (Lipinski definition) is 0. The fraction of sp³-hybridized carbons (Fsp3) is 0.714. The number of fused-ring (bicyclic) bond motifs is 1. The van der Waals surface area contributed by atoms with Crippen LogP contribution in [0.25, 0.3) is 0 Å². The summed E-state index contributed by atoms with van der Waals surface area (Å²) in [6, 6.07) is 0. The Labute approximate surface area is 64.8 Å². The maximum atomic E-state index is 5.94. The normalized spacial score (nSPS) is 44.2. The molecular weight excluding hydrogens is 155 g/mol. The lowest BCUT2D eigenvalue weighted by atomic mass is 10.1. The molecule has 0 aliphatic heterocycles. The lowest BCUT2D eigenvalue weighted by Crippen LogP contribution is -1.87. The van der Waals surface area contributed by atoms with Gasteiger partial charge in [0.05, 0.1) is 0 Å². The van der Waals surface area contributed by atoms with E-state index in [-0.39, 0.29) is 4.33 Å². The van der Waals surface area contributed by atoms with E-state index in [1.807, 2.05) is 0 Å². The van der Waals surface area contributed by atoms with Crippen LogP contribution in [0.4, 0.5) is 0 Å². The highest BCUT2D eigenvalue weighted by atomic mass is 35.5. The summed E-state index contributed by atoms with van der Waals surface area (Å²) < 4.78 is -0.372. The van der Waals surface area contributed by atoms with E-state index in [0.717, 1.165) is 12.8 Å². The van der Waals surface area contributed by atoms with Gasteiger partial charge in [0.1, 0.15) is 4.33 Å². The minimum Gasteiger partial charge on any atom is -0.101 e. The molecule has 2 unspecified atom stereocenters. The first-order valence-corrected chi connectivity index (χ1v) is 4.01. The third kappa shape index (κ3) is 0.731. The van der Waals surface area contributed by atoms with Gasteiger partial charge in [-0.05, 0) is 12.8 Å². The first-order chi connectivity index (χ1) is 4.23. The standard InChI is InChI=1S/C7H8Cl2/c8-7(9)5-3-1-2-4-6(5)7/h1-2,5-6H,3-4H2. The van der Waals surface area contributed by atoms with Gasteiger partial charge in [0.15, 0.2) is 0 Å². The molecule has 0 saturated heterocycles. The summed E-state index contributed by atoms with van der Waals surface area (Å²) in [6.07, 6.45) is 6.51. The van der Waals surface area contributed by atoms with Crippen LogP contribution in [0.15, 0.2) is 12.2 Å². The minimum atomic E-state index is -0.372. The Morgan fingerprint density at radius 2 is 1.56 bits per heavy atom. The topological polar surface area (TPSA) is 0 Å². The number of hydrogen-bond donors (Lipinski definition) is 0. The molecule has 2 heteroatoms. The zero-order valence-corrected chi connectivity index (χ0v) is 6.49. The van der Waals surface area contributed by atoms with E-state index in [2.05, 4.69) is 12.2 Å². The molecule has 0 bridgehead atoms. The average Bonchev–Trinajstić information content (AvgIpc) is 2.39. The predicted octanol–water partition coefficient (Wildman–Crippen LogP) is 2.76. The van der Waals surface area contributed by atoms with Gasteiger partial charge < -0.3 is 0 Å². The van der Waals surface area contributed by atoms with Crippen molar-refractivity contribution in [1.29, 1.82) is 0 Å². The van der Waals surface area contributed by atoms with Crippen molar-refractivity contribution in [2.45, 2.75) is 17.2 Å². The second-order valence-corrected chi connectivity index (χ2v) is 4.27. The molecule has 50 valence electrons. The summed E-state index contributed by atoms with van der Waals surface area (Å²) in [5.41, 5.74) is 0. The molecule has 1 fully saturated rings. The maximum Gasteiger partial charge on any atom is 0.125 e. The third-order valence-electron chi connectivity index (χ3n) is 2.31. The van der Waals surface area contributed by atoms with Crippen LogP contribution < -0.4 is 0 Å². The van der Waals surface area contributed by atoms with Crippen molar-refractivity contribution in [1.82, 2.24) is 0 Å². The van der Waals surface area contributed by atoms with Crippen LogP contribution in [0.5, 0.6) is 0 Å². The highest BCUT2D eigenvalue weighted by Gasteiger charge is 2.62. The molecular formula is C7H8Cl2. The van der Waals surface area contributed by atoms with E-state index < -0.39 is 0 Å². The number of allylic oxidation sites excluding steroid dienone is 2. The summed E-state index contributed by atoms with van der Waals surface area (Å²) >= 11 is 11.9. The van der Waals surface area contributed by atoms with Crippen molar-refractivity contribution in [3.63, 3.8) is 0 Å². The predicted molar refractivity (Wildman–Crippen MR) is 39.8 cm³/mol. The Balaban J connectivity index is 2.14. The van der Waals surface area contributed by atoms with Crippen molar-refractivity contribution in [3.8, 4) is 0 Å². The zero-order chi connectivity index (χ0) is 6.48. The van der Waals surface area contributed by atoms with Crippen molar-refractivity contribution in [2.75, 3.05) is 0 Å². The van der Waals surface area contributed by atoms with E-state index in [4.69, 9.17) is 23.2 Å². The van der Waals surface area contributed by atoms with Crippen LogP contribution in [0, 0.1) is 11.8 Å². The fourth-order valence-electron chi connectivity index (χ4n) is 1.59. The van der Waals surface area contributed by atoms with Gasteiger partial charge >= 0.3 is 0 Å². The van der Waals surface area contributed by atoms with Gasteiger partial charge in [-0.3, -0.25) is 0 Å². The van der Waals surface area contributed by atoms with Gasteiger partial charge in [-0.25, -0.2) is 0 Å². The highest BCUT2D eigenvalue weighted by Crippen LogP contribution is 2.63. The van der Waals surface area contributed by atoms with Gasteiger partial charge in [0.25, 0.3) is 0 Å². The van der Waals surface area contributed by atoms with Crippen LogP contribution in [0.1, 0.15) is 12.8 Å². The lowest BCUT2D eigenvalue weighted by molar-refractivity contribution is 0.689. The molecule has 0 aromatic heterocycles. The number of halogens is 2. The lowest BCUT2D eigenvalue weighted by Gasteiger charge is -1.95. The van der Waals surface area contributed by atoms with Crippen LogP contribution >= 0.6 is 23.2 Å². The molecule has 2 aliphatic carbocycles. The molecule has 0 heterocycles. The summed E-state index contributed by atoms with van der Waals surface area (Å²) in [4.78, 5) is 0. The average molecular weight is 163 g/mol. The second kappa shape index (κ2) is 1.67. The van der Waals surface area contributed by atoms with Gasteiger partial charge in [-0.15, -0.1) is 23.2 Å². The molecule has 2 aliphatic rings. The Kier molecular flexibility index (Phi) is 1.13. The maximum absolute atomic E-state index is 5.94. The molecule has 0 nitrogen and oxygen atoms in total. The van der Waals surface area contributed by atoms with Crippen molar-refractivity contribution < 1.29 is 0 Å². The molecule has 0 aromatic carbocycles. The monoisotopic (exact) mass is 162 g/mol. The van der Waals surface area contributed by atoms with E-state index in [1.54, 1.807) is 0 Å². The Morgan fingerprint density at radius 3 is 1.89 bits per heavy atom. The summed E-state index contributed by atoms with van der Waals surface area (Å²) in [5, 5.41) is 0. The van der Waals surface area contributed by atoms with E-state index >= 15 is 0 Å². The van der Waals surface area contributed by atoms with E-state index in [1.165, 1.54) is 0 Å². The molecule has 0 radical (unpaired) electrons. The second-order valence-electron chi connectivity index (χ2n) is 2.83. The molecule has 0 amide bonds.